The molecule has 0 fully saturated rings. The van der Waals surface area contributed by atoms with E-state index in [9.17, 15) is 4.79 Å². The molecule has 22 heavy (non-hydrogen) atoms. The van der Waals surface area contributed by atoms with E-state index >= 15 is 0 Å². The van der Waals surface area contributed by atoms with Gasteiger partial charge >= 0.3 is 5.97 Å². The van der Waals surface area contributed by atoms with Crippen molar-refractivity contribution in [3.8, 4) is 17.1 Å². The van der Waals surface area contributed by atoms with E-state index in [0.717, 1.165) is 5.56 Å². The number of H-pyrrole nitrogens is 1. The summed E-state index contributed by atoms with van der Waals surface area (Å²) in [5.74, 6) is 0.790. The van der Waals surface area contributed by atoms with Crippen LogP contribution in [-0.4, -0.2) is 30.2 Å². The molecule has 0 spiro atoms. The summed E-state index contributed by atoms with van der Waals surface area (Å²) >= 11 is 5.90. The fourth-order valence-electron chi connectivity index (χ4n) is 2.26. The van der Waals surface area contributed by atoms with Crippen LogP contribution >= 0.6 is 11.6 Å². The van der Waals surface area contributed by atoms with E-state index in [1.807, 2.05) is 12.1 Å². The molecule has 3 aromatic rings. The lowest BCUT2D eigenvalue weighted by atomic mass is 10.1. The highest BCUT2D eigenvalue weighted by molar-refractivity contribution is 6.30. The first-order valence-corrected chi connectivity index (χ1v) is 6.93. The summed E-state index contributed by atoms with van der Waals surface area (Å²) in [6.07, 6.45) is 0. The van der Waals surface area contributed by atoms with Gasteiger partial charge in [-0.2, -0.15) is 0 Å². The van der Waals surface area contributed by atoms with E-state index in [-0.39, 0.29) is 0 Å². The van der Waals surface area contributed by atoms with Crippen LogP contribution in [0.3, 0.4) is 0 Å². The van der Waals surface area contributed by atoms with Crippen molar-refractivity contribution in [2.45, 2.75) is 0 Å². The summed E-state index contributed by atoms with van der Waals surface area (Å²) in [5, 5.41) is 0.646. The number of nitrogens with zero attached hydrogens (tertiary/aromatic N) is 1. The quantitative estimate of drug-likeness (QED) is 0.749. The third kappa shape index (κ3) is 2.40. The van der Waals surface area contributed by atoms with E-state index in [0.29, 0.717) is 33.2 Å². The van der Waals surface area contributed by atoms with Gasteiger partial charge in [-0.1, -0.05) is 11.6 Å². The predicted molar refractivity (Wildman–Crippen MR) is 84.4 cm³/mol. The number of benzene rings is 2. The average Bonchev–Trinajstić information content (AvgIpc) is 2.99. The van der Waals surface area contributed by atoms with E-state index < -0.39 is 5.97 Å². The lowest BCUT2D eigenvalue weighted by Gasteiger charge is -2.04. The van der Waals surface area contributed by atoms with Crippen molar-refractivity contribution < 1.29 is 14.3 Å². The molecule has 0 aliphatic heterocycles. The largest absolute Gasteiger partial charge is 0.494 e. The summed E-state index contributed by atoms with van der Waals surface area (Å²) in [5.41, 5.74) is 2.40. The SMILES string of the molecule is COC(=O)c1ccc(OC)c2[nH]c(-c3ccc(Cl)cc3)nc12. The Hall–Kier alpha value is -2.53. The smallest absolute Gasteiger partial charge is 0.340 e. The van der Waals surface area contributed by atoms with Crippen LogP contribution in [0.5, 0.6) is 5.75 Å². The third-order valence-corrected chi connectivity index (χ3v) is 3.60. The Morgan fingerprint density at radius 2 is 1.86 bits per heavy atom. The first-order valence-electron chi connectivity index (χ1n) is 6.55. The Morgan fingerprint density at radius 1 is 1.14 bits per heavy atom. The molecule has 0 unspecified atom stereocenters. The van der Waals surface area contributed by atoms with Gasteiger partial charge < -0.3 is 14.5 Å². The van der Waals surface area contributed by atoms with Crippen LogP contribution in [0.25, 0.3) is 22.4 Å². The number of halogens is 1. The summed E-state index contributed by atoms with van der Waals surface area (Å²) in [4.78, 5) is 19.6. The van der Waals surface area contributed by atoms with Gasteiger partial charge in [-0.15, -0.1) is 0 Å². The lowest BCUT2D eigenvalue weighted by Crippen LogP contribution is -2.02. The van der Waals surface area contributed by atoms with Gasteiger partial charge in [0.15, 0.2) is 0 Å². The van der Waals surface area contributed by atoms with Gasteiger partial charge in [-0.25, -0.2) is 9.78 Å². The molecule has 1 heterocycles. The molecule has 0 radical (unpaired) electrons. The van der Waals surface area contributed by atoms with Crippen molar-refractivity contribution in [1.82, 2.24) is 9.97 Å². The zero-order chi connectivity index (χ0) is 15.7. The van der Waals surface area contributed by atoms with Gasteiger partial charge in [0.05, 0.1) is 19.8 Å². The zero-order valence-corrected chi connectivity index (χ0v) is 12.8. The fraction of sp³-hybridized carbons (Fsp3) is 0.125. The summed E-state index contributed by atoms with van der Waals surface area (Å²) in [6.45, 7) is 0. The second-order valence-electron chi connectivity index (χ2n) is 4.62. The summed E-state index contributed by atoms with van der Waals surface area (Å²) in [7, 11) is 2.90. The Balaban J connectivity index is 2.22. The van der Waals surface area contributed by atoms with Crippen molar-refractivity contribution in [1.29, 1.82) is 0 Å². The number of aromatic nitrogens is 2. The zero-order valence-electron chi connectivity index (χ0n) is 12.0. The molecule has 0 amide bonds. The van der Waals surface area contributed by atoms with Crippen molar-refractivity contribution >= 4 is 28.6 Å². The van der Waals surface area contributed by atoms with Gasteiger partial charge in [0.2, 0.25) is 0 Å². The van der Waals surface area contributed by atoms with Crippen LogP contribution in [0.4, 0.5) is 0 Å². The number of hydrogen-bond acceptors (Lipinski definition) is 4. The van der Waals surface area contributed by atoms with Gasteiger partial charge in [0, 0.05) is 10.6 Å². The molecule has 0 aliphatic carbocycles. The number of rotatable bonds is 3. The highest BCUT2D eigenvalue weighted by atomic mass is 35.5. The normalized spacial score (nSPS) is 10.7. The van der Waals surface area contributed by atoms with Crippen molar-refractivity contribution in [3.63, 3.8) is 0 Å². The van der Waals surface area contributed by atoms with Crippen LogP contribution in [0, 0.1) is 0 Å². The standard InChI is InChI=1S/C16H13ClN2O3/c1-21-12-8-7-11(16(20)22-2)13-14(12)19-15(18-13)9-3-5-10(17)6-4-9/h3-8H,1-2H3,(H,18,19). The Morgan fingerprint density at radius 3 is 2.50 bits per heavy atom. The highest BCUT2D eigenvalue weighted by Crippen LogP contribution is 2.30. The summed E-state index contributed by atoms with van der Waals surface area (Å²) in [6, 6.07) is 10.6. The van der Waals surface area contributed by atoms with E-state index in [1.54, 1.807) is 31.4 Å². The first kappa shape index (κ1) is 14.4. The molecular weight excluding hydrogens is 304 g/mol. The second kappa shape index (κ2) is 5.69. The lowest BCUT2D eigenvalue weighted by molar-refractivity contribution is 0.0603. The van der Waals surface area contributed by atoms with Crippen LogP contribution in [0.1, 0.15) is 10.4 Å². The Bertz CT molecular complexity index is 840. The fourth-order valence-corrected chi connectivity index (χ4v) is 2.38. The molecule has 2 aromatic carbocycles. The number of carbonyl (C=O) groups is 1. The molecule has 6 heteroatoms. The van der Waals surface area contributed by atoms with Crippen LogP contribution in [-0.2, 0) is 4.74 Å². The van der Waals surface area contributed by atoms with Crippen LogP contribution in [0.15, 0.2) is 36.4 Å². The number of esters is 1. The molecule has 0 aliphatic rings. The number of aromatic amines is 1. The number of imidazole rings is 1. The number of ether oxygens (including phenoxy) is 2. The van der Waals surface area contributed by atoms with Crippen molar-refractivity contribution in [3.05, 3.63) is 47.0 Å². The molecule has 0 saturated carbocycles. The molecule has 3 rings (SSSR count). The number of hydrogen-bond donors (Lipinski definition) is 1. The van der Waals surface area contributed by atoms with Gasteiger partial charge in [0.25, 0.3) is 0 Å². The van der Waals surface area contributed by atoms with Crippen molar-refractivity contribution in [2.75, 3.05) is 14.2 Å². The first-order chi connectivity index (χ1) is 10.6. The van der Waals surface area contributed by atoms with Crippen molar-refractivity contribution in [2.24, 2.45) is 0 Å². The number of fused-ring (bicyclic) bond motifs is 1. The van der Waals surface area contributed by atoms with E-state index in [2.05, 4.69) is 9.97 Å². The van der Waals surface area contributed by atoms with Gasteiger partial charge in [-0.3, -0.25) is 0 Å². The van der Waals surface area contributed by atoms with Gasteiger partial charge in [0.1, 0.15) is 22.6 Å². The Labute approximate surface area is 131 Å². The highest BCUT2D eigenvalue weighted by Gasteiger charge is 2.18. The van der Waals surface area contributed by atoms with E-state index in [4.69, 9.17) is 21.1 Å². The molecular formula is C16H13ClN2O3. The second-order valence-corrected chi connectivity index (χ2v) is 5.06. The minimum absolute atomic E-state index is 0.384. The number of carbonyl (C=O) groups excluding carboxylic acids is 1. The maximum absolute atomic E-state index is 11.9. The molecule has 5 nitrogen and oxygen atoms in total. The maximum Gasteiger partial charge on any atom is 0.340 e. The molecule has 112 valence electrons. The number of methoxy groups -OCH3 is 2. The van der Waals surface area contributed by atoms with E-state index in [1.165, 1.54) is 7.11 Å². The van der Waals surface area contributed by atoms with Crippen LogP contribution in [0.2, 0.25) is 5.02 Å². The topological polar surface area (TPSA) is 64.2 Å². The maximum atomic E-state index is 11.9. The monoisotopic (exact) mass is 316 g/mol. The molecule has 0 atom stereocenters. The van der Waals surface area contributed by atoms with Crippen LogP contribution < -0.4 is 4.74 Å². The minimum atomic E-state index is -0.443. The average molecular weight is 317 g/mol. The molecule has 1 aromatic heterocycles. The third-order valence-electron chi connectivity index (χ3n) is 3.35. The minimum Gasteiger partial charge on any atom is -0.494 e. The summed E-state index contributed by atoms with van der Waals surface area (Å²) < 4.78 is 10.1. The predicted octanol–water partition coefficient (Wildman–Crippen LogP) is 3.68. The van der Waals surface area contributed by atoms with Gasteiger partial charge in [-0.05, 0) is 36.4 Å². The molecule has 0 bridgehead atoms. The number of nitrogens with one attached hydrogen (secondary N) is 1. The Kier molecular flexibility index (Phi) is 3.73. The molecule has 0 saturated heterocycles. The molecule has 1 N–H and O–H groups in total.